The van der Waals surface area contributed by atoms with Crippen molar-refractivity contribution in [3.63, 3.8) is 0 Å². The number of carboxylic acid groups (broad SMARTS) is 1. The fourth-order valence-corrected chi connectivity index (χ4v) is 2.86. The van der Waals surface area contributed by atoms with Gasteiger partial charge in [0.25, 0.3) is 0 Å². The summed E-state index contributed by atoms with van der Waals surface area (Å²) in [6.45, 7) is 2.09. The molecule has 1 aromatic heterocycles. The highest BCUT2D eigenvalue weighted by atomic mass is 19.2. The van der Waals surface area contributed by atoms with E-state index < -0.39 is 29.6 Å². The van der Waals surface area contributed by atoms with Crippen molar-refractivity contribution in [2.45, 2.75) is 26.1 Å². The third-order valence-corrected chi connectivity index (χ3v) is 4.36. The van der Waals surface area contributed by atoms with Crippen LogP contribution in [0.1, 0.15) is 12.6 Å². The van der Waals surface area contributed by atoms with Crippen LogP contribution < -0.4 is 10.2 Å². The van der Waals surface area contributed by atoms with E-state index >= 15 is 0 Å². The zero-order chi connectivity index (χ0) is 19.9. The molecule has 0 fully saturated rings. The molecule has 0 unspecified atom stereocenters. The van der Waals surface area contributed by atoms with Crippen LogP contribution in [0.3, 0.4) is 0 Å². The molecule has 0 radical (unpaired) electrons. The maximum atomic E-state index is 13.3. The molecule has 1 aliphatic heterocycles. The molecule has 0 saturated heterocycles. The van der Waals surface area contributed by atoms with Crippen LogP contribution in [0.5, 0.6) is 0 Å². The van der Waals surface area contributed by atoms with Crippen LogP contribution in [0.4, 0.5) is 34.1 Å². The molecule has 2 heterocycles. The van der Waals surface area contributed by atoms with Crippen LogP contribution in [-0.4, -0.2) is 45.0 Å². The summed E-state index contributed by atoms with van der Waals surface area (Å²) in [5.41, 5.74) is 0.598. The van der Waals surface area contributed by atoms with Gasteiger partial charge in [0.2, 0.25) is 0 Å². The van der Waals surface area contributed by atoms with Crippen molar-refractivity contribution in [3.8, 4) is 0 Å². The first kappa shape index (κ1) is 18.5. The van der Waals surface area contributed by atoms with Gasteiger partial charge in [0.1, 0.15) is 0 Å². The van der Waals surface area contributed by atoms with Gasteiger partial charge in [-0.3, -0.25) is 9.58 Å². The number of amides is 3. The van der Waals surface area contributed by atoms with E-state index in [1.165, 1.54) is 18.1 Å². The lowest BCUT2D eigenvalue weighted by molar-refractivity contribution is 0.161. The number of hydrogen-bond acceptors (Lipinski definition) is 3. The van der Waals surface area contributed by atoms with Gasteiger partial charge < -0.3 is 15.3 Å². The Bertz CT molecular complexity index is 894. The Morgan fingerprint density at radius 3 is 2.52 bits per heavy atom. The largest absolute Gasteiger partial charge is 0.465 e. The Labute approximate surface area is 151 Å². The van der Waals surface area contributed by atoms with Gasteiger partial charge in [0.05, 0.1) is 36.7 Å². The maximum absolute atomic E-state index is 13.3. The van der Waals surface area contributed by atoms with E-state index in [-0.39, 0.29) is 18.3 Å². The van der Waals surface area contributed by atoms with E-state index in [0.717, 1.165) is 4.90 Å². The monoisotopic (exact) mass is 383 g/mol. The summed E-state index contributed by atoms with van der Waals surface area (Å²) in [5, 5.41) is 15.6. The lowest BCUT2D eigenvalue weighted by Gasteiger charge is -2.34. The van der Waals surface area contributed by atoms with Gasteiger partial charge in [-0.25, -0.2) is 22.8 Å². The van der Waals surface area contributed by atoms with Crippen LogP contribution >= 0.6 is 0 Å². The van der Waals surface area contributed by atoms with Gasteiger partial charge in [-0.15, -0.1) is 0 Å². The Balaban J connectivity index is 1.83. The number of benzene rings is 1. The highest BCUT2D eigenvalue weighted by Crippen LogP contribution is 2.27. The molecule has 3 rings (SSSR count). The second-order valence-electron chi connectivity index (χ2n) is 6.16. The molecule has 0 bridgehead atoms. The van der Waals surface area contributed by atoms with Crippen molar-refractivity contribution in [1.29, 1.82) is 0 Å². The van der Waals surface area contributed by atoms with Crippen molar-refractivity contribution >= 4 is 23.5 Å². The smallest absolute Gasteiger partial charge is 0.411 e. The van der Waals surface area contributed by atoms with E-state index in [9.17, 15) is 22.8 Å². The van der Waals surface area contributed by atoms with Crippen molar-refractivity contribution < 1.29 is 27.9 Å². The molecule has 1 atom stereocenters. The van der Waals surface area contributed by atoms with Crippen LogP contribution in [-0.2, 0) is 13.1 Å². The molecule has 8 nitrogen and oxygen atoms in total. The van der Waals surface area contributed by atoms with Gasteiger partial charge in [-0.1, -0.05) is 0 Å². The van der Waals surface area contributed by atoms with Crippen LogP contribution in [0.25, 0.3) is 0 Å². The lowest BCUT2D eigenvalue weighted by Crippen LogP contribution is -2.47. The Hall–Kier alpha value is -3.24. The average molecular weight is 383 g/mol. The first-order valence-corrected chi connectivity index (χ1v) is 7.92. The number of nitrogens with one attached hydrogen (secondary N) is 1. The number of carbonyl (C=O) groups excluding carboxylic acids is 1. The quantitative estimate of drug-likeness (QED) is 0.781. The highest BCUT2D eigenvalue weighted by molar-refractivity contribution is 5.90. The standard InChI is InChI=1S/C16H16F3N5O3/c1-8-6-24-13(12(5-20-24)22(2)16(26)27)7-23(8)15(25)21-9-3-10(17)14(19)11(18)4-9/h3-5,8H,6-7H2,1-2H3,(H,21,25)(H,26,27)/t8-/m0/s1. The molecule has 11 heteroatoms. The number of urea groups is 1. The Kier molecular flexibility index (Phi) is 4.68. The zero-order valence-corrected chi connectivity index (χ0v) is 14.4. The van der Waals surface area contributed by atoms with Crippen molar-refractivity contribution in [3.05, 3.63) is 41.5 Å². The molecule has 0 saturated carbocycles. The fourth-order valence-electron chi connectivity index (χ4n) is 2.86. The van der Waals surface area contributed by atoms with E-state index in [1.807, 2.05) is 0 Å². The molecule has 0 spiro atoms. The van der Waals surface area contributed by atoms with E-state index in [2.05, 4.69) is 10.4 Å². The van der Waals surface area contributed by atoms with Gasteiger partial charge in [-0.05, 0) is 6.92 Å². The third kappa shape index (κ3) is 3.39. The van der Waals surface area contributed by atoms with E-state index in [1.54, 1.807) is 11.6 Å². The molecule has 27 heavy (non-hydrogen) atoms. The molecule has 2 N–H and O–H groups in total. The summed E-state index contributed by atoms with van der Waals surface area (Å²) in [4.78, 5) is 26.1. The first-order chi connectivity index (χ1) is 12.7. The molecule has 144 valence electrons. The number of anilines is 2. The molecule has 3 amide bonds. The minimum absolute atomic E-state index is 0.0338. The zero-order valence-electron chi connectivity index (χ0n) is 14.4. The highest BCUT2D eigenvalue weighted by Gasteiger charge is 2.31. The average Bonchev–Trinajstić information content (AvgIpc) is 3.00. The van der Waals surface area contributed by atoms with E-state index in [0.29, 0.717) is 30.1 Å². The summed E-state index contributed by atoms with van der Waals surface area (Å²) in [6.07, 6.45) is 0.208. The van der Waals surface area contributed by atoms with Crippen molar-refractivity contribution in [1.82, 2.24) is 14.7 Å². The number of hydrogen-bond donors (Lipinski definition) is 2. The molecule has 0 aliphatic carbocycles. The van der Waals surface area contributed by atoms with Crippen molar-refractivity contribution in [2.24, 2.45) is 0 Å². The topological polar surface area (TPSA) is 90.7 Å². The normalized spacial score (nSPS) is 16.0. The lowest BCUT2D eigenvalue weighted by atomic mass is 10.2. The SMILES string of the molecule is C[C@H]1Cn2ncc(N(C)C(=O)O)c2CN1C(=O)Nc1cc(F)c(F)c(F)c1. The summed E-state index contributed by atoms with van der Waals surface area (Å²) >= 11 is 0. The number of fused-ring (bicyclic) bond motifs is 1. The van der Waals surface area contributed by atoms with Gasteiger partial charge in [0.15, 0.2) is 17.5 Å². The molecule has 2 aromatic rings. The minimum atomic E-state index is -1.62. The summed E-state index contributed by atoms with van der Waals surface area (Å²) < 4.78 is 41.3. The number of nitrogens with zero attached hydrogens (tertiary/aromatic N) is 4. The number of aromatic nitrogens is 2. The van der Waals surface area contributed by atoms with Gasteiger partial charge in [-0.2, -0.15) is 5.10 Å². The fraction of sp³-hybridized carbons (Fsp3) is 0.312. The Morgan fingerprint density at radius 2 is 1.93 bits per heavy atom. The Morgan fingerprint density at radius 1 is 1.30 bits per heavy atom. The second kappa shape index (κ2) is 6.82. The predicted octanol–water partition coefficient (Wildman–Crippen LogP) is 2.85. The van der Waals surface area contributed by atoms with Crippen LogP contribution in [0.2, 0.25) is 0 Å². The summed E-state index contributed by atoms with van der Waals surface area (Å²) in [5.74, 6) is -4.45. The predicted molar refractivity (Wildman–Crippen MR) is 89.0 cm³/mol. The molecule has 1 aromatic carbocycles. The van der Waals surface area contributed by atoms with Gasteiger partial charge >= 0.3 is 12.1 Å². The maximum Gasteiger partial charge on any atom is 0.411 e. The number of carbonyl (C=O) groups is 2. The minimum Gasteiger partial charge on any atom is -0.465 e. The van der Waals surface area contributed by atoms with Crippen LogP contribution in [0, 0.1) is 17.5 Å². The first-order valence-electron chi connectivity index (χ1n) is 7.92. The van der Waals surface area contributed by atoms with E-state index in [4.69, 9.17) is 5.11 Å². The molecular formula is C16H16F3N5O3. The van der Waals surface area contributed by atoms with Crippen molar-refractivity contribution in [2.75, 3.05) is 17.3 Å². The number of halogens is 3. The summed E-state index contributed by atoms with van der Waals surface area (Å²) in [6, 6.07) is 0.372. The van der Waals surface area contributed by atoms with Gasteiger partial charge in [0, 0.05) is 24.9 Å². The molecular weight excluding hydrogens is 367 g/mol. The number of rotatable bonds is 2. The molecule has 1 aliphatic rings. The van der Waals surface area contributed by atoms with Crippen LogP contribution in [0.15, 0.2) is 18.3 Å². The third-order valence-electron chi connectivity index (χ3n) is 4.36. The summed E-state index contributed by atoms with van der Waals surface area (Å²) in [7, 11) is 1.35. The second-order valence-corrected chi connectivity index (χ2v) is 6.16.